The molecule has 1 heterocycles. The molecule has 0 aliphatic heterocycles. The average molecular weight is 344 g/mol. The second kappa shape index (κ2) is 8.68. The Balaban J connectivity index is 1.86. The Labute approximate surface area is 145 Å². The predicted octanol–water partition coefficient (Wildman–Crippen LogP) is 1.47. The Hall–Kier alpha value is -3.09. The van der Waals surface area contributed by atoms with Crippen LogP contribution in [0.15, 0.2) is 41.0 Å². The van der Waals surface area contributed by atoms with Gasteiger partial charge in [0.05, 0.1) is 32.9 Å². The lowest BCUT2D eigenvalue weighted by Gasteiger charge is -2.10. The number of ether oxygens (including phenoxy) is 1. The van der Waals surface area contributed by atoms with Gasteiger partial charge in [-0.25, -0.2) is 0 Å². The fraction of sp³-hybridized carbons (Fsp3) is 0.278. The van der Waals surface area contributed by atoms with E-state index in [1.165, 1.54) is 20.3 Å². The SMILES string of the molecule is COc1ccc(C(C)=O)cc1CC(=O)NCC(=O)NCc1ccco1. The third kappa shape index (κ3) is 5.49. The molecule has 0 atom stereocenters. The van der Waals surface area contributed by atoms with Crippen molar-refractivity contribution >= 4 is 17.6 Å². The zero-order valence-electron chi connectivity index (χ0n) is 14.1. The summed E-state index contributed by atoms with van der Waals surface area (Å²) in [5.74, 6) is 0.385. The van der Waals surface area contributed by atoms with E-state index in [2.05, 4.69) is 10.6 Å². The van der Waals surface area contributed by atoms with Crippen LogP contribution in [-0.4, -0.2) is 31.3 Å². The number of hydrogen-bond acceptors (Lipinski definition) is 5. The van der Waals surface area contributed by atoms with Crippen molar-refractivity contribution in [3.8, 4) is 5.75 Å². The minimum absolute atomic E-state index is 0.00968. The minimum atomic E-state index is -0.341. The maximum Gasteiger partial charge on any atom is 0.239 e. The molecule has 0 saturated carbocycles. The van der Waals surface area contributed by atoms with Crippen molar-refractivity contribution < 1.29 is 23.5 Å². The lowest BCUT2D eigenvalue weighted by molar-refractivity contribution is -0.125. The van der Waals surface area contributed by atoms with E-state index in [4.69, 9.17) is 9.15 Å². The van der Waals surface area contributed by atoms with Crippen LogP contribution in [0, 0.1) is 0 Å². The Morgan fingerprint density at radius 3 is 2.56 bits per heavy atom. The van der Waals surface area contributed by atoms with Gasteiger partial charge in [0.1, 0.15) is 11.5 Å². The van der Waals surface area contributed by atoms with Crippen LogP contribution < -0.4 is 15.4 Å². The molecule has 0 spiro atoms. The summed E-state index contributed by atoms with van der Waals surface area (Å²) in [5.41, 5.74) is 1.09. The Morgan fingerprint density at radius 2 is 1.92 bits per heavy atom. The van der Waals surface area contributed by atoms with E-state index in [1.807, 2.05) is 0 Å². The number of ketones is 1. The first-order valence-electron chi connectivity index (χ1n) is 7.73. The molecule has 2 amide bonds. The van der Waals surface area contributed by atoms with Gasteiger partial charge in [-0.3, -0.25) is 14.4 Å². The highest BCUT2D eigenvalue weighted by Crippen LogP contribution is 2.20. The molecule has 0 fully saturated rings. The van der Waals surface area contributed by atoms with E-state index in [0.717, 1.165) is 0 Å². The van der Waals surface area contributed by atoms with Crippen molar-refractivity contribution in [3.63, 3.8) is 0 Å². The van der Waals surface area contributed by atoms with Crippen LogP contribution in [0.25, 0.3) is 0 Å². The van der Waals surface area contributed by atoms with Gasteiger partial charge in [-0.1, -0.05) is 0 Å². The number of carbonyl (C=O) groups excluding carboxylic acids is 3. The topological polar surface area (TPSA) is 97.6 Å². The van der Waals surface area contributed by atoms with Crippen molar-refractivity contribution in [2.75, 3.05) is 13.7 Å². The molecule has 132 valence electrons. The summed E-state index contributed by atoms with van der Waals surface area (Å²) in [4.78, 5) is 35.2. The van der Waals surface area contributed by atoms with Crippen LogP contribution in [0.3, 0.4) is 0 Å². The van der Waals surface area contributed by atoms with Crippen molar-refractivity contribution in [3.05, 3.63) is 53.5 Å². The van der Waals surface area contributed by atoms with E-state index in [9.17, 15) is 14.4 Å². The van der Waals surface area contributed by atoms with E-state index >= 15 is 0 Å². The summed E-state index contributed by atoms with van der Waals surface area (Å²) >= 11 is 0. The number of furan rings is 1. The van der Waals surface area contributed by atoms with E-state index in [0.29, 0.717) is 22.6 Å². The van der Waals surface area contributed by atoms with Gasteiger partial charge >= 0.3 is 0 Å². The summed E-state index contributed by atoms with van der Waals surface area (Å²) in [5, 5.41) is 5.17. The number of amides is 2. The van der Waals surface area contributed by atoms with E-state index < -0.39 is 0 Å². The maximum absolute atomic E-state index is 12.0. The van der Waals surface area contributed by atoms with Gasteiger partial charge in [-0.05, 0) is 37.3 Å². The number of hydrogen-bond donors (Lipinski definition) is 2. The number of benzene rings is 1. The fourth-order valence-electron chi connectivity index (χ4n) is 2.21. The highest BCUT2D eigenvalue weighted by atomic mass is 16.5. The molecule has 0 radical (unpaired) electrons. The molecular weight excluding hydrogens is 324 g/mol. The monoisotopic (exact) mass is 344 g/mol. The van der Waals surface area contributed by atoms with Gasteiger partial charge in [-0.2, -0.15) is 0 Å². The molecule has 2 rings (SSSR count). The Morgan fingerprint density at radius 1 is 1.12 bits per heavy atom. The molecule has 0 aliphatic rings. The van der Waals surface area contributed by atoms with Crippen molar-refractivity contribution in [1.82, 2.24) is 10.6 Å². The van der Waals surface area contributed by atoms with Gasteiger partial charge in [0.25, 0.3) is 0 Å². The maximum atomic E-state index is 12.0. The summed E-state index contributed by atoms with van der Waals surface area (Å²) < 4.78 is 10.3. The molecule has 1 aromatic carbocycles. The zero-order chi connectivity index (χ0) is 18.2. The molecule has 7 nitrogen and oxygen atoms in total. The second-order valence-corrected chi connectivity index (χ2v) is 5.39. The highest BCUT2D eigenvalue weighted by molar-refractivity contribution is 5.95. The number of nitrogens with one attached hydrogen (secondary N) is 2. The molecular formula is C18H20N2O5. The number of methoxy groups -OCH3 is 1. The Kier molecular flexibility index (Phi) is 6.33. The third-order valence-electron chi connectivity index (χ3n) is 3.52. The van der Waals surface area contributed by atoms with Crippen molar-refractivity contribution in [1.29, 1.82) is 0 Å². The molecule has 0 saturated heterocycles. The summed E-state index contributed by atoms with van der Waals surface area (Å²) in [6.07, 6.45) is 1.53. The van der Waals surface area contributed by atoms with Gasteiger partial charge in [0, 0.05) is 11.1 Å². The van der Waals surface area contributed by atoms with Crippen LogP contribution in [0.4, 0.5) is 0 Å². The standard InChI is InChI=1S/C18H20N2O5/c1-12(21)13-5-6-16(24-2)14(8-13)9-17(22)20-11-18(23)19-10-15-4-3-7-25-15/h3-8H,9-11H2,1-2H3,(H,19,23)(H,20,22). The quantitative estimate of drug-likeness (QED) is 0.707. The molecule has 0 unspecified atom stereocenters. The van der Waals surface area contributed by atoms with Crippen LogP contribution in [0.1, 0.15) is 28.6 Å². The van der Waals surface area contributed by atoms with Crippen LogP contribution in [-0.2, 0) is 22.6 Å². The van der Waals surface area contributed by atoms with Crippen LogP contribution in [0.5, 0.6) is 5.75 Å². The van der Waals surface area contributed by atoms with E-state index in [-0.39, 0.29) is 37.1 Å². The summed E-state index contributed by atoms with van der Waals surface area (Å²) in [6.45, 7) is 1.57. The van der Waals surface area contributed by atoms with Crippen molar-refractivity contribution in [2.24, 2.45) is 0 Å². The van der Waals surface area contributed by atoms with Gasteiger partial charge < -0.3 is 19.8 Å². The normalized spacial score (nSPS) is 10.2. The molecule has 2 aromatic rings. The number of Topliss-reactive ketones (excluding diaryl/α,β-unsaturated/α-hetero) is 1. The van der Waals surface area contributed by atoms with Crippen LogP contribution in [0.2, 0.25) is 0 Å². The molecule has 7 heteroatoms. The summed E-state index contributed by atoms with van der Waals surface area (Å²) in [6, 6.07) is 8.39. The first-order chi connectivity index (χ1) is 12.0. The first kappa shape index (κ1) is 18.3. The van der Waals surface area contributed by atoms with Crippen LogP contribution >= 0.6 is 0 Å². The Bertz CT molecular complexity index is 753. The largest absolute Gasteiger partial charge is 0.496 e. The van der Waals surface area contributed by atoms with Gasteiger partial charge in [-0.15, -0.1) is 0 Å². The summed E-state index contributed by atoms with van der Waals surface area (Å²) in [7, 11) is 1.49. The fourth-order valence-corrected chi connectivity index (χ4v) is 2.21. The van der Waals surface area contributed by atoms with Gasteiger partial charge in [0.2, 0.25) is 11.8 Å². The predicted molar refractivity (Wildman–Crippen MR) is 90.3 cm³/mol. The van der Waals surface area contributed by atoms with E-state index in [1.54, 1.807) is 30.3 Å². The first-order valence-corrected chi connectivity index (χ1v) is 7.73. The van der Waals surface area contributed by atoms with Gasteiger partial charge in [0.15, 0.2) is 5.78 Å². The van der Waals surface area contributed by atoms with Crippen molar-refractivity contribution in [2.45, 2.75) is 19.9 Å². The smallest absolute Gasteiger partial charge is 0.239 e. The molecule has 2 N–H and O–H groups in total. The average Bonchev–Trinajstić information content (AvgIpc) is 3.11. The number of carbonyl (C=O) groups is 3. The highest BCUT2D eigenvalue weighted by Gasteiger charge is 2.12. The number of rotatable bonds is 8. The minimum Gasteiger partial charge on any atom is -0.496 e. The molecule has 0 aliphatic carbocycles. The second-order valence-electron chi connectivity index (χ2n) is 5.39. The molecule has 1 aromatic heterocycles. The third-order valence-corrected chi connectivity index (χ3v) is 3.52. The molecule has 25 heavy (non-hydrogen) atoms. The lowest BCUT2D eigenvalue weighted by atomic mass is 10.0. The molecule has 0 bridgehead atoms. The lowest BCUT2D eigenvalue weighted by Crippen LogP contribution is -2.37. The zero-order valence-corrected chi connectivity index (χ0v) is 14.1.